The lowest BCUT2D eigenvalue weighted by Crippen LogP contribution is -2.47. The lowest BCUT2D eigenvalue weighted by atomic mass is 9.98. The third-order valence-corrected chi connectivity index (χ3v) is 7.95. The topological polar surface area (TPSA) is 79.7 Å². The number of halogens is 2. The number of aliphatic carboxylic acids is 1. The van der Waals surface area contributed by atoms with Gasteiger partial charge in [-0.05, 0) is 42.3 Å². The molecule has 0 bridgehead atoms. The number of carbonyl (C=O) groups is 2. The molecule has 2 heterocycles. The Morgan fingerprint density at radius 3 is 2.69 bits per heavy atom. The van der Waals surface area contributed by atoms with E-state index in [0.717, 1.165) is 22.7 Å². The SMILES string of the molecule is CC[C@H](C)[C@@H](C(=O)O)N1C(=O)/C(=C/c2cc3cc(OCc4ccccc4Cl)ccc3nc2Cl)SC1=S. The van der Waals surface area contributed by atoms with Crippen LogP contribution >= 0.6 is 47.2 Å². The molecule has 36 heavy (non-hydrogen) atoms. The van der Waals surface area contributed by atoms with Crippen molar-refractivity contribution in [2.45, 2.75) is 32.9 Å². The number of fused-ring (bicyclic) bond motifs is 1. The number of ether oxygens (including phenoxy) is 1. The van der Waals surface area contributed by atoms with Crippen LogP contribution in [0.3, 0.4) is 0 Å². The number of pyridine rings is 1. The van der Waals surface area contributed by atoms with Gasteiger partial charge in [0.2, 0.25) is 0 Å². The van der Waals surface area contributed by atoms with Crippen LogP contribution in [-0.4, -0.2) is 37.2 Å². The monoisotopic (exact) mass is 560 g/mol. The summed E-state index contributed by atoms with van der Waals surface area (Å²) in [5.41, 5.74) is 2.05. The van der Waals surface area contributed by atoms with Gasteiger partial charge in [-0.25, -0.2) is 9.78 Å². The molecule has 2 atom stereocenters. The van der Waals surface area contributed by atoms with Crippen LogP contribution in [0, 0.1) is 5.92 Å². The number of aromatic nitrogens is 1. The Kier molecular flexibility index (Phi) is 8.20. The second-order valence-corrected chi connectivity index (χ2v) is 10.8. The molecule has 1 aliphatic heterocycles. The van der Waals surface area contributed by atoms with Crippen molar-refractivity contribution in [3.63, 3.8) is 0 Å². The second-order valence-electron chi connectivity index (χ2n) is 8.32. The molecule has 10 heteroatoms. The van der Waals surface area contributed by atoms with Gasteiger partial charge in [-0.1, -0.05) is 85.6 Å². The number of rotatable bonds is 8. The highest BCUT2D eigenvalue weighted by Crippen LogP contribution is 2.37. The number of benzene rings is 2. The summed E-state index contributed by atoms with van der Waals surface area (Å²) in [6.45, 7) is 3.97. The summed E-state index contributed by atoms with van der Waals surface area (Å²) in [6, 6.07) is 13.7. The summed E-state index contributed by atoms with van der Waals surface area (Å²) in [5.74, 6) is -1.18. The van der Waals surface area contributed by atoms with Crippen LogP contribution in [0.4, 0.5) is 0 Å². The van der Waals surface area contributed by atoms with Crippen LogP contribution in [-0.2, 0) is 16.2 Å². The number of amides is 1. The first kappa shape index (κ1) is 26.4. The normalized spacial score (nSPS) is 16.6. The molecule has 0 unspecified atom stereocenters. The first-order valence-corrected chi connectivity index (χ1v) is 13.1. The highest BCUT2D eigenvalue weighted by molar-refractivity contribution is 8.26. The molecule has 1 aromatic heterocycles. The van der Waals surface area contributed by atoms with Gasteiger partial charge in [-0.2, -0.15) is 0 Å². The first-order chi connectivity index (χ1) is 17.2. The average molecular weight is 562 g/mol. The number of hydrogen-bond donors (Lipinski definition) is 1. The largest absolute Gasteiger partial charge is 0.489 e. The van der Waals surface area contributed by atoms with E-state index < -0.39 is 17.9 Å². The summed E-state index contributed by atoms with van der Waals surface area (Å²) in [7, 11) is 0. The maximum Gasteiger partial charge on any atom is 0.327 e. The molecule has 1 saturated heterocycles. The summed E-state index contributed by atoms with van der Waals surface area (Å²) in [5, 5.41) is 11.3. The van der Waals surface area contributed by atoms with Gasteiger partial charge in [0.05, 0.1) is 10.4 Å². The van der Waals surface area contributed by atoms with E-state index in [2.05, 4.69) is 4.98 Å². The summed E-state index contributed by atoms with van der Waals surface area (Å²) >= 11 is 19.1. The van der Waals surface area contributed by atoms with Gasteiger partial charge in [0.1, 0.15) is 27.9 Å². The van der Waals surface area contributed by atoms with Crippen molar-refractivity contribution in [2.24, 2.45) is 5.92 Å². The lowest BCUT2D eigenvalue weighted by Gasteiger charge is -2.27. The Morgan fingerprint density at radius 2 is 2.00 bits per heavy atom. The quantitative estimate of drug-likeness (QED) is 0.184. The van der Waals surface area contributed by atoms with E-state index in [9.17, 15) is 14.7 Å². The van der Waals surface area contributed by atoms with Crippen molar-refractivity contribution >= 4 is 80.4 Å². The molecule has 0 saturated carbocycles. The minimum atomic E-state index is -1.09. The number of hydrogen-bond acceptors (Lipinski definition) is 6. The first-order valence-electron chi connectivity index (χ1n) is 11.2. The smallest absolute Gasteiger partial charge is 0.327 e. The highest BCUT2D eigenvalue weighted by atomic mass is 35.5. The molecule has 3 aromatic rings. The van der Waals surface area contributed by atoms with Crippen molar-refractivity contribution in [2.75, 3.05) is 0 Å². The second kappa shape index (κ2) is 11.2. The Balaban J connectivity index is 1.62. The van der Waals surface area contributed by atoms with Gasteiger partial charge in [0.25, 0.3) is 5.91 Å². The standard InChI is InChI=1S/C26H22Cl2N2O4S2/c1-3-14(2)22(25(32)33)30-24(31)21(36-26(30)35)12-17-10-16-11-18(8-9-20(16)29-23(17)28)34-13-15-6-4-5-7-19(15)27/h4-12,14,22H,3,13H2,1-2H3,(H,32,33)/b21-12-/t14-,22-/m0/s1. The zero-order valence-corrected chi connectivity index (χ0v) is 22.5. The zero-order chi connectivity index (χ0) is 26.0. The highest BCUT2D eigenvalue weighted by Gasteiger charge is 2.42. The van der Waals surface area contributed by atoms with Crippen LogP contribution in [0.1, 0.15) is 31.4 Å². The molecule has 0 radical (unpaired) electrons. The van der Waals surface area contributed by atoms with Crippen molar-refractivity contribution < 1.29 is 19.4 Å². The van der Waals surface area contributed by atoms with Crippen LogP contribution in [0.2, 0.25) is 10.2 Å². The third kappa shape index (κ3) is 5.52. The fraction of sp³-hybridized carbons (Fsp3) is 0.231. The number of thiocarbonyl (C=S) groups is 1. The maximum atomic E-state index is 13.2. The van der Waals surface area contributed by atoms with Gasteiger partial charge < -0.3 is 9.84 Å². The number of nitrogens with zero attached hydrogens (tertiary/aromatic N) is 2. The van der Waals surface area contributed by atoms with E-state index in [1.165, 1.54) is 4.90 Å². The molecule has 1 fully saturated rings. The predicted octanol–water partition coefficient (Wildman–Crippen LogP) is 6.82. The molecule has 1 amide bonds. The van der Waals surface area contributed by atoms with Crippen LogP contribution in [0.25, 0.3) is 17.0 Å². The zero-order valence-electron chi connectivity index (χ0n) is 19.4. The molecule has 1 N–H and O–H groups in total. The maximum absolute atomic E-state index is 13.2. The minimum Gasteiger partial charge on any atom is -0.489 e. The van der Waals surface area contributed by atoms with E-state index in [0.29, 0.717) is 39.8 Å². The number of carboxylic acid groups (broad SMARTS) is 1. The molecule has 1 aliphatic rings. The van der Waals surface area contributed by atoms with Gasteiger partial charge in [-0.3, -0.25) is 9.69 Å². The molecule has 2 aromatic carbocycles. The van der Waals surface area contributed by atoms with Crippen molar-refractivity contribution in [3.05, 3.63) is 74.7 Å². The molecular formula is C26H22Cl2N2O4S2. The average Bonchev–Trinajstić information content (AvgIpc) is 3.11. The van der Waals surface area contributed by atoms with E-state index in [4.69, 9.17) is 40.2 Å². The number of carboxylic acids is 1. The molecule has 186 valence electrons. The van der Waals surface area contributed by atoms with Crippen molar-refractivity contribution in [1.82, 2.24) is 9.88 Å². The molecule has 0 spiro atoms. The van der Waals surface area contributed by atoms with Crippen LogP contribution in [0.15, 0.2) is 53.4 Å². The van der Waals surface area contributed by atoms with E-state index >= 15 is 0 Å². The molecule has 4 rings (SSSR count). The van der Waals surface area contributed by atoms with Gasteiger partial charge in [0, 0.05) is 21.5 Å². The Labute approximate surface area is 228 Å². The van der Waals surface area contributed by atoms with Gasteiger partial charge in [-0.15, -0.1) is 0 Å². The summed E-state index contributed by atoms with van der Waals surface area (Å²) in [4.78, 5) is 31.0. The summed E-state index contributed by atoms with van der Waals surface area (Å²) < 4.78 is 6.12. The minimum absolute atomic E-state index is 0.207. The molecular weight excluding hydrogens is 539 g/mol. The molecule has 0 aliphatic carbocycles. The Bertz CT molecular complexity index is 1400. The summed E-state index contributed by atoms with van der Waals surface area (Å²) in [6.07, 6.45) is 2.19. The fourth-order valence-corrected chi connectivity index (χ4v) is 5.52. The molecule has 6 nitrogen and oxygen atoms in total. The van der Waals surface area contributed by atoms with Crippen LogP contribution < -0.4 is 4.74 Å². The Morgan fingerprint density at radius 1 is 1.25 bits per heavy atom. The fourth-order valence-electron chi connectivity index (χ4n) is 3.81. The van der Waals surface area contributed by atoms with E-state index in [1.807, 2.05) is 43.3 Å². The van der Waals surface area contributed by atoms with E-state index in [-0.39, 0.29) is 15.4 Å². The van der Waals surface area contributed by atoms with Crippen LogP contribution in [0.5, 0.6) is 5.75 Å². The predicted molar refractivity (Wildman–Crippen MR) is 148 cm³/mol. The third-order valence-electron chi connectivity index (χ3n) is 5.94. The van der Waals surface area contributed by atoms with Gasteiger partial charge >= 0.3 is 5.97 Å². The van der Waals surface area contributed by atoms with Gasteiger partial charge in [0.15, 0.2) is 0 Å². The van der Waals surface area contributed by atoms with Crippen molar-refractivity contribution in [3.8, 4) is 5.75 Å². The lowest BCUT2D eigenvalue weighted by molar-refractivity contribution is -0.147. The Hall–Kier alpha value is -2.65. The number of thioether (sulfide) groups is 1. The van der Waals surface area contributed by atoms with Crippen molar-refractivity contribution in [1.29, 1.82) is 0 Å². The number of carbonyl (C=O) groups excluding carboxylic acids is 1. The van der Waals surface area contributed by atoms with E-state index in [1.54, 1.807) is 25.1 Å².